The van der Waals surface area contributed by atoms with E-state index in [2.05, 4.69) is 19.0 Å². The number of hydrogen-bond acceptors (Lipinski definition) is 3. The minimum absolute atomic E-state index is 0.103. The molecule has 0 fully saturated rings. The second-order valence-electron chi connectivity index (χ2n) is 3.98. The van der Waals surface area contributed by atoms with Crippen molar-refractivity contribution in [1.82, 2.24) is 5.16 Å². The van der Waals surface area contributed by atoms with Crippen LogP contribution in [-0.2, 0) is 6.42 Å². The Morgan fingerprint density at radius 1 is 1.58 bits per heavy atom. The highest BCUT2D eigenvalue weighted by atomic mass is 16.5. The molecule has 1 aromatic heterocycles. The summed E-state index contributed by atoms with van der Waals surface area (Å²) < 4.78 is 5.10. The molecule has 0 aromatic carbocycles. The molecule has 0 aliphatic rings. The van der Waals surface area contributed by atoms with Gasteiger partial charge < -0.3 is 10.3 Å². The van der Waals surface area contributed by atoms with E-state index in [9.17, 15) is 0 Å². The molecule has 0 bridgehead atoms. The first-order valence-electron chi connectivity index (χ1n) is 4.16. The van der Waals surface area contributed by atoms with Gasteiger partial charge in [0.2, 0.25) is 0 Å². The largest absolute Gasteiger partial charge is 0.361 e. The molecule has 0 atom stereocenters. The Labute approximate surface area is 72.9 Å². The van der Waals surface area contributed by atoms with Gasteiger partial charge in [-0.05, 0) is 18.9 Å². The van der Waals surface area contributed by atoms with E-state index in [4.69, 9.17) is 10.3 Å². The average molecular weight is 168 g/mol. The topological polar surface area (TPSA) is 52.0 Å². The molecule has 0 spiro atoms. The molecule has 1 rings (SSSR count). The number of hydrogen-bond donors (Lipinski definition) is 1. The molecule has 0 saturated carbocycles. The van der Waals surface area contributed by atoms with E-state index in [1.807, 2.05) is 13.0 Å². The summed E-state index contributed by atoms with van der Waals surface area (Å²) in [7, 11) is 0. The van der Waals surface area contributed by atoms with E-state index in [-0.39, 0.29) is 5.41 Å². The van der Waals surface area contributed by atoms with Gasteiger partial charge in [-0.3, -0.25) is 0 Å². The molecular weight excluding hydrogens is 152 g/mol. The number of aryl methyl sites for hydroxylation is 1. The van der Waals surface area contributed by atoms with Crippen molar-refractivity contribution < 1.29 is 4.52 Å². The maximum absolute atomic E-state index is 5.60. The smallest absolute Gasteiger partial charge is 0.137 e. The summed E-state index contributed by atoms with van der Waals surface area (Å²) in [5, 5.41) is 3.82. The van der Waals surface area contributed by atoms with Crippen LogP contribution in [-0.4, -0.2) is 11.7 Å². The van der Waals surface area contributed by atoms with Gasteiger partial charge in [-0.2, -0.15) is 0 Å². The summed E-state index contributed by atoms with van der Waals surface area (Å²) in [6.45, 7) is 6.81. The highest BCUT2D eigenvalue weighted by Gasteiger charge is 2.18. The molecule has 1 aromatic rings. The number of aromatic nitrogens is 1. The lowest BCUT2D eigenvalue weighted by Gasteiger charge is -2.19. The first kappa shape index (κ1) is 9.26. The summed E-state index contributed by atoms with van der Waals surface area (Å²) in [4.78, 5) is 0. The van der Waals surface area contributed by atoms with Gasteiger partial charge in [0, 0.05) is 12.5 Å². The second-order valence-corrected chi connectivity index (χ2v) is 3.98. The molecule has 0 aliphatic heterocycles. The fourth-order valence-electron chi connectivity index (χ4n) is 1.04. The number of rotatable bonds is 3. The van der Waals surface area contributed by atoms with Crippen LogP contribution in [0.2, 0.25) is 0 Å². The average Bonchev–Trinajstić information content (AvgIpc) is 2.35. The van der Waals surface area contributed by atoms with E-state index >= 15 is 0 Å². The molecule has 0 radical (unpaired) electrons. The molecule has 0 amide bonds. The molecule has 12 heavy (non-hydrogen) atoms. The third kappa shape index (κ3) is 2.34. The Morgan fingerprint density at radius 2 is 2.25 bits per heavy atom. The summed E-state index contributed by atoms with van der Waals surface area (Å²) in [5.74, 6) is 0.919. The number of nitrogens with two attached hydrogens (primary N) is 1. The lowest BCUT2D eigenvalue weighted by molar-refractivity contribution is 0.305. The standard InChI is InChI=1S/C9H16N2O/c1-7-4-8(12-11-7)5-9(2,3)6-10/h4H,5-6,10H2,1-3H3. The third-order valence-corrected chi connectivity index (χ3v) is 1.88. The van der Waals surface area contributed by atoms with Crippen LogP contribution in [0.4, 0.5) is 0 Å². The van der Waals surface area contributed by atoms with Gasteiger partial charge in [-0.25, -0.2) is 0 Å². The van der Waals surface area contributed by atoms with Crippen molar-refractivity contribution in [3.05, 3.63) is 17.5 Å². The van der Waals surface area contributed by atoms with Gasteiger partial charge in [-0.1, -0.05) is 19.0 Å². The summed E-state index contributed by atoms with van der Waals surface area (Å²) in [5.41, 5.74) is 6.63. The van der Waals surface area contributed by atoms with Crippen LogP contribution in [0.25, 0.3) is 0 Å². The molecule has 3 nitrogen and oxygen atoms in total. The molecule has 0 aliphatic carbocycles. The zero-order valence-electron chi connectivity index (χ0n) is 7.92. The highest BCUT2D eigenvalue weighted by Crippen LogP contribution is 2.20. The Kier molecular flexibility index (Phi) is 2.52. The molecule has 3 heteroatoms. The lowest BCUT2D eigenvalue weighted by Crippen LogP contribution is -2.25. The van der Waals surface area contributed by atoms with E-state index in [0.717, 1.165) is 17.9 Å². The molecule has 0 unspecified atom stereocenters. The Morgan fingerprint density at radius 3 is 2.67 bits per heavy atom. The fourth-order valence-corrected chi connectivity index (χ4v) is 1.04. The Hall–Kier alpha value is -0.830. The van der Waals surface area contributed by atoms with E-state index in [1.54, 1.807) is 0 Å². The second kappa shape index (κ2) is 3.27. The van der Waals surface area contributed by atoms with Crippen molar-refractivity contribution in [2.75, 3.05) is 6.54 Å². The quantitative estimate of drug-likeness (QED) is 0.744. The monoisotopic (exact) mass is 168 g/mol. The Balaban J connectivity index is 2.63. The maximum Gasteiger partial charge on any atom is 0.137 e. The van der Waals surface area contributed by atoms with Gasteiger partial charge in [0.05, 0.1) is 5.69 Å². The van der Waals surface area contributed by atoms with Crippen LogP contribution in [0, 0.1) is 12.3 Å². The first-order chi connectivity index (χ1) is 5.53. The third-order valence-electron chi connectivity index (χ3n) is 1.88. The SMILES string of the molecule is Cc1cc(CC(C)(C)CN)on1. The van der Waals surface area contributed by atoms with Crippen molar-refractivity contribution in [3.8, 4) is 0 Å². The van der Waals surface area contributed by atoms with Crippen LogP contribution in [0.5, 0.6) is 0 Å². The van der Waals surface area contributed by atoms with Crippen molar-refractivity contribution in [2.45, 2.75) is 27.2 Å². The van der Waals surface area contributed by atoms with Gasteiger partial charge in [-0.15, -0.1) is 0 Å². The Bertz CT molecular complexity index is 253. The molecule has 0 saturated heterocycles. The molecule has 1 heterocycles. The van der Waals surface area contributed by atoms with Crippen LogP contribution >= 0.6 is 0 Å². The summed E-state index contributed by atoms with van der Waals surface area (Å²) in [6.07, 6.45) is 0.852. The maximum atomic E-state index is 5.60. The van der Waals surface area contributed by atoms with Crippen molar-refractivity contribution >= 4 is 0 Å². The van der Waals surface area contributed by atoms with Crippen LogP contribution < -0.4 is 5.73 Å². The normalized spacial score (nSPS) is 12.0. The fraction of sp³-hybridized carbons (Fsp3) is 0.667. The highest BCUT2D eigenvalue weighted by molar-refractivity contribution is 5.05. The van der Waals surface area contributed by atoms with Crippen molar-refractivity contribution in [3.63, 3.8) is 0 Å². The van der Waals surface area contributed by atoms with Crippen LogP contribution in [0.15, 0.2) is 10.6 Å². The molecule has 2 N–H and O–H groups in total. The van der Waals surface area contributed by atoms with Gasteiger partial charge in [0.15, 0.2) is 0 Å². The van der Waals surface area contributed by atoms with E-state index in [1.165, 1.54) is 0 Å². The van der Waals surface area contributed by atoms with Gasteiger partial charge >= 0.3 is 0 Å². The van der Waals surface area contributed by atoms with Crippen molar-refractivity contribution in [2.24, 2.45) is 11.1 Å². The van der Waals surface area contributed by atoms with Crippen LogP contribution in [0.1, 0.15) is 25.3 Å². The predicted octanol–water partition coefficient (Wildman–Crippen LogP) is 1.51. The lowest BCUT2D eigenvalue weighted by atomic mass is 9.88. The number of nitrogens with zero attached hydrogens (tertiary/aromatic N) is 1. The first-order valence-corrected chi connectivity index (χ1v) is 4.16. The van der Waals surface area contributed by atoms with Crippen LogP contribution in [0.3, 0.4) is 0 Å². The minimum Gasteiger partial charge on any atom is -0.361 e. The van der Waals surface area contributed by atoms with Gasteiger partial charge in [0.25, 0.3) is 0 Å². The molecular formula is C9H16N2O. The molecule has 68 valence electrons. The van der Waals surface area contributed by atoms with E-state index < -0.39 is 0 Å². The zero-order chi connectivity index (χ0) is 9.19. The summed E-state index contributed by atoms with van der Waals surface area (Å²) >= 11 is 0. The van der Waals surface area contributed by atoms with E-state index in [0.29, 0.717) is 6.54 Å². The predicted molar refractivity (Wildman–Crippen MR) is 47.8 cm³/mol. The zero-order valence-corrected chi connectivity index (χ0v) is 7.92. The summed E-state index contributed by atoms with van der Waals surface area (Å²) in [6, 6.07) is 1.96. The minimum atomic E-state index is 0.103. The van der Waals surface area contributed by atoms with Gasteiger partial charge in [0.1, 0.15) is 5.76 Å². The van der Waals surface area contributed by atoms with Crippen molar-refractivity contribution in [1.29, 1.82) is 0 Å².